The van der Waals surface area contributed by atoms with E-state index in [1.807, 2.05) is 47.2 Å². The number of nitrogen functional groups attached to an aromatic ring is 1. The Labute approximate surface area is 197 Å². The molecule has 8 heteroatoms. The number of aromatic nitrogens is 3. The summed E-state index contributed by atoms with van der Waals surface area (Å²) in [7, 11) is 0. The van der Waals surface area contributed by atoms with Gasteiger partial charge in [0, 0.05) is 31.3 Å². The van der Waals surface area contributed by atoms with Gasteiger partial charge in [-0.15, -0.1) is 0 Å². The van der Waals surface area contributed by atoms with Crippen molar-refractivity contribution in [3.63, 3.8) is 0 Å². The molecule has 0 bridgehead atoms. The lowest BCUT2D eigenvalue weighted by molar-refractivity contribution is -0.127. The molecule has 34 heavy (non-hydrogen) atoms. The Bertz CT molecular complexity index is 1360. The lowest BCUT2D eigenvalue weighted by atomic mass is 10.1. The highest BCUT2D eigenvalue weighted by atomic mass is 16.5. The predicted octanol–water partition coefficient (Wildman–Crippen LogP) is 3.94. The summed E-state index contributed by atoms with van der Waals surface area (Å²) in [6, 6.07) is 7.70. The largest absolute Gasteiger partial charge is 0.462 e. The van der Waals surface area contributed by atoms with Gasteiger partial charge >= 0.3 is 0 Å². The number of benzene rings is 1. The van der Waals surface area contributed by atoms with Gasteiger partial charge in [0.25, 0.3) is 5.56 Å². The minimum atomic E-state index is -0.306. The number of carbonyl (C=O) groups is 1. The third kappa shape index (κ3) is 4.03. The predicted molar refractivity (Wildman–Crippen MR) is 132 cm³/mol. The van der Waals surface area contributed by atoms with Crippen LogP contribution in [0, 0.1) is 0 Å². The van der Waals surface area contributed by atoms with Gasteiger partial charge in [-0.25, -0.2) is 5.10 Å². The van der Waals surface area contributed by atoms with E-state index in [1.165, 1.54) is 6.08 Å². The molecular weight excluding hydrogens is 430 g/mol. The molecule has 1 fully saturated rings. The van der Waals surface area contributed by atoms with E-state index >= 15 is 0 Å². The quantitative estimate of drug-likeness (QED) is 0.565. The van der Waals surface area contributed by atoms with Crippen LogP contribution < -0.4 is 16.0 Å². The number of nitrogens with one attached hydrogen (secondary N) is 1. The number of rotatable bonds is 5. The van der Waals surface area contributed by atoms with Crippen molar-refractivity contribution >= 4 is 22.6 Å². The van der Waals surface area contributed by atoms with Crippen LogP contribution in [0.15, 0.2) is 71.9 Å². The van der Waals surface area contributed by atoms with Gasteiger partial charge in [-0.3, -0.25) is 9.59 Å². The highest BCUT2D eigenvalue weighted by molar-refractivity contribution is 6.02. The smallest absolute Gasteiger partial charge is 0.288 e. The van der Waals surface area contributed by atoms with Crippen molar-refractivity contribution in [2.24, 2.45) is 0 Å². The molecule has 1 aromatic carbocycles. The molecule has 8 nitrogen and oxygen atoms in total. The summed E-state index contributed by atoms with van der Waals surface area (Å²) in [6.07, 6.45) is 12.9. The summed E-state index contributed by atoms with van der Waals surface area (Å²) >= 11 is 0. The van der Waals surface area contributed by atoms with Gasteiger partial charge in [-0.2, -0.15) is 5.10 Å². The summed E-state index contributed by atoms with van der Waals surface area (Å²) in [4.78, 5) is 26.8. The lowest BCUT2D eigenvalue weighted by Crippen LogP contribution is -2.40. The molecular formula is C26H27N5O3. The maximum absolute atomic E-state index is 12.9. The van der Waals surface area contributed by atoms with Crippen molar-refractivity contribution < 1.29 is 9.53 Å². The Morgan fingerprint density at radius 3 is 2.85 bits per heavy atom. The van der Waals surface area contributed by atoms with Crippen LogP contribution in [0.5, 0.6) is 5.75 Å². The van der Waals surface area contributed by atoms with E-state index in [0.717, 1.165) is 48.3 Å². The fourth-order valence-corrected chi connectivity index (χ4v) is 4.77. The number of likely N-dealkylation sites (tertiary alicyclic amines) is 1. The van der Waals surface area contributed by atoms with Crippen LogP contribution in [0.4, 0.5) is 5.82 Å². The molecule has 1 saturated heterocycles. The first kappa shape index (κ1) is 21.8. The average Bonchev–Trinajstić information content (AvgIpc) is 3.29. The summed E-state index contributed by atoms with van der Waals surface area (Å²) < 4.78 is 7.94. The van der Waals surface area contributed by atoms with Crippen LogP contribution in [-0.2, 0) is 4.79 Å². The van der Waals surface area contributed by atoms with E-state index in [4.69, 9.17) is 10.5 Å². The number of allylic oxidation sites excluding steroid dienone is 4. The van der Waals surface area contributed by atoms with Crippen LogP contribution in [0.25, 0.3) is 22.0 Å². The van der Waals surface area contributed by atoms with E-state index in [2.05, 4.69) is 22.9 Å². The van der Waals surface area contributed by atoms with Crippen LogP contribution in [0.3, 0.4) is 0 Å². The Hall–Kier alpha value is -4.07. The minimum Gasteiger partial charge on any atom is -0.462 e. The Morgan fingerprint density at radius 1 is 1.29 bits per heavy atom. The SMILES string of the molecule is C=CC(=O)N1CCC[C@@H](n2cc(-c3ccc(OC4=CC=CCC4)cc3)c3c(N)n[nH]c(=O)c32)C1. The Balaban J connectivity index is 1.53. The molecule has 3 aromatic rings. The first-order chi connectivity index (χ1) is 16.5. The molecule has 5 rings (SSSR count). The number of hydrogen-bond donors (Lipinski definition) is 2. The van der Waals surface area contributed by atoms with E-state index < -0.39 is 0 Å². The summed E-state index contributed by atoms with van der Waals surface area (Å²) in [6.45, 7) is 4.79. The molecule has 1 aliphatic carbocycles. The van der Waals surface area contributed by atoms with E-state index in [0.29, 0.717) is 24.0 Å². The van der Waals surface area contributed by atoms with E-state index in [-0.39, 0.29) is 23.3 Å². The molecule has 0 spiro atoms. The average molecular weight is 458 g/mol. The molecule has 2 aromatic heterocycles. The molecule has 0 saturated carbocycles. The highest BCUT2D eigenvalue weighted by Crippen LogP contribution is 2.36. The number of ether oxygens (including phenoxy) is 1. The van der Waals surface area contributed by atoms with Crippen LogP contribution in [0.1, 0.15) is 31.7 Å². The first-order valence-corrected chi connectivity index (χ1v) is 11.5. The Morgan fingerprint density at radius 2 is 2.12 bits per heavy atom. The summed E-state index contributed by atoms with van der Waals surface area (Å²) in [5.41, 5.74) is 8.14. The number of piperidine rings is 1. The van der Waals surface area contributed by atoms with Gasteiger partial charge in [0.05, 0.1) is 11.4 Å². The molecule has 1 aliphatic heterocycles. The molecule has 1 amide bonds. The number of aromatic amines is 1. The fourth-order valence-electron chi connectivity index (χ4n) is 4.77. The van der Waals surface area contributed by atoms with Crippen molar-refractivity contribution in [2.75, 3.05) is 18.8 Å². The van der Waals surface area contributed by atoms with Gasteiger partial charge in [0.15, 0.2) is 5.82 Å². The minimum absolute atomic E-state index is 0.0503. The monoisotopic (exact) mass is 457 g/mol. The number of fused-ring (bicyclic) bond motifs is 1. The maximum atomic E-state index is 12.9. The molecule has 2 aliphatic rings. The Kier molecular flexibility index (Phi) is 5.79. The zero-order valence-electron chi connectivity index (χ0n) is 18.9. The number of amides is 1. The van der Waals surface area contributed by atoms with Gasteiger partial charge < -0.3 is 19.9 Å². The van der Waals surface area contributed by atoms with Crippen LogP contribution in [0.2, 0.25) is 0 Å². The fraction of sp³-hybridized carbons (Fsp3) is 0.269. The number of carbonyl (C=O) groups excluding carboxylic acids is 1. The maximum Gasteiger partial charge on any atom is 0.288 e. The number of nitrogens with zero attached hydrogens (tertiary/aromatic N) is 3. The molecule has 3 heterocycles. The van der Waals surface area contributed by atoms with Crippen LogP contribution >= 0.6 is 0 Å². The van der Waals surface area contributed by atoms with Crippen molar-refractivity contribution in [3.8, 4) is 16.9 Å². The van der Waals surface area contributed by atoms with Gasteiger partial charge in [0.1, 0.15) is 17.0 Å². The molecule has 0 unspecified atom stereocenters. The van der Waals surface area contributed by atoms with Gasteiger partial charge in [-0.1, -0.05) is 30.9 Å². The lowest BCUT2D eigenvalue weighted by Gasteiger charge is -2.33. The van der Waals surface area contributed by atoms with Gasteiger partial charge in [0.2, 0.25) is 5.91 Å². The van der Waals surface area contributed by atoms with E-state index in [1.54, 1.807) is 4.90 Å². The third-order valence-corrected chi connectivity index (χ3v) is 6.45. The van der Waals surface area contributed by atoms with Crippen molar-refractivity contribution in [1.82, 2.24) is 19.7 Å². The molecule has 174 valence electrons. The topological polar surface area (TPSA) is 106 Å². The summed E-state index contributed by atoms with van der Waals surface area (Å²) in [5, 5.41) is 7.14. The zero-order valence-corrected chi connectivity index (χ0v) is 18.9. The van der Waals surface area contributed by atoms with Crippen molar-refractivity contribution in [3.05, 3.63) is 77.5 Å². The van der Waals surface area contributed by atoms with Crippen LogP contribution in [-0.4, -0.2) is 38.7 Å². The second-order valence-corrected chi connectivity index (χ2v) is 8.62. The number of hydrogen-bond acceptors (Lipinski definition) is 5. The number of anilines is 1. The third-order valence-electron chi connectivity index (χ3n) is 6.45. The second-order valence-electron chi connectivity index (χ2n) is 8.62. The normalized spacial score (nSPS) is 18.1. The van der Waals surface area contributed by atoms with Crippen molar-refractivity contribution in [2.45, 2.75) is 31.7 Å². The standard InChI is InChI=1S/C26H27N5O3/c1-2-22(32)30-14-6-7-18(15-30)31-16-21(23-24(31)26(33)29-28-25(23)27)17-10-12-20(13-11-17)34-19-8-4-3-5-9-19/h2-4,8,10-13,16,18H,1,5-7,9,14-15H2,(H2,27,28)(H,29,33)/t18-/m1/s1. The zero-order chi connectivity index (χ0) is 23.7. The first-order valence-electron chi connectivity index (χ1n) is 11.5. The number of nitrogens with two attached hydrogens (primary N) is 1. The number of H-pyrrole nitrogens is 1. The van der Waals surface area contributed by atoms with Gasteiger partial charge in [-0.05, 0) is 49.1 Å². The second kappa shape index (κ2) is 9.05. The van der Waals surface area contributed by atoms with Crippen molar-refractivity contribution in [1.29, 1.82) is 0 Å². The molecule has 3 N–H and O–H groups in total. The molecule has 1 atom stereocenters. The summed E-state index contributed by atoms with van der Waals surface area (Å²) in [5.74, 6) is 1.85. The molecule has 0 radical (unpaired) electrons. The highest BCUT2D eigenvalue weighted by Gasteiger charge is 2.27. The van der Waals surface area contributed by atoms with E-state index in [9.17, 15) is 9.59 Å².